The Balaban J connectivity index is 2.18. The lowest BCUT2D eigenvalue weighted by atomic mass is 10.2. The molecule has 0 atom stereocenters. The number of hydrogen-bond donors (Lipinski definition) is 0. The van der Waals surface area contributed by atoms with E-state index >= 15 is 0 Å². The predicted molar refractivity (Wildman–Crippen MR) is 67.2 cm³/mol. The zero-order valence-electron chi connectivity index (χ0n) is 9.12. The van der Waals surface area contributed by atoms with Gasteiger partial charge in [-0.15, -0.1) is 0 Å². The second-order valence-electron chi connectivity index (χ2n) is 3.36. The van der Waals surface area contributed by atoms with Gasteiger partial charge in [0, 0.05) is 0 Å². The minimum absolute atomic E-state index is 0.0503. The normalized spacial score (nSPS) is 10.1. The van der Waals surface area contributed by atoms with Gasteiger partial charge in [0.1, 0.15) is 12.8 Å². The van der Waals surface area contributed by atoms with E-state index in [1.54, 1.807) is 0 Å². The van der Waals surface area contributed by atoms with Gasteiger partial charge in [0.15, 0.2) is 4.73 Å². The smallest absolute Gasteiger partial charge is 0.349 e. The summed E-state index contributed by atoms with van der Waals surface area (Å²) in [5.41, 5.74) is 0.649. The largest absolute Gasteiger partial charge is 0.468 e. The Labute approximate surface area is 111 Å². The molecule has 0 spiro atoms. The Morgan fingerprint density at radius 2 is 2.06 bits per heavy atom. The number of halogens is 1. The van der Waals surface area contributed by atoms with Crippen LogP contribution in [0.2, 0.25) is 0 Å². The highest BCUT2D eigenvalue weighted by Crippen LogP contribution is 2.25. The number of nitrogens with zero attached hydrogens (tertiary/aromatic N) is 3. The first-order valence-electron chi connectivity index (χ1n) is 5.00. The highest BCUT2D eigenvalue weighted by atomic mass is 79.9. The van der Waals surface area contributed by atoms with Gasteiger partial charge in [0.05, 0.1) is 4.92 Å². The van der Waals surface area contributed by atoms with Crippen LogP contribution in [0.3, 0.4) is 0 Å². The Hall–Kier alpha value is -2.02. The summed E-state index contributed by atoms with van der Waals surface area (Å²) in [6.45, 7) is 0.213. The van der Waals surface area contributed by atoms with Crippen molar-refractivity contribution in [3.63, 3.8) is 0 Å². The molecular weight excluding hydrogens is 302 g/mol. The molecule has 0 bridgehead atoms. The van der Waals surface area contributed by atoms with Crippen molar-refractivity contribution in [1.29, 1.82) is 0 Å². The third-order valence-corrected chi connectivity index (χ3v) is 2.50. The second-order valence-corrected chi connectivity index (χ2v) is 4.07. The Kier molecular flexibility index (Phi) is 3.83. The van der Waals surface area contributed by atoms with E-state index in [-0.39, 0.29) is 22.9 Å². The van der Waals surface area contributed by atoms with Crippen LogP contribution >= 0.6 is 15.9 Å². The van der Waals surface area contributed by atoms with E-state index in [0.717, 1.165) is 11.8 Å². The second kappa shape index (κ2) is 5.54. The van der Waals surface area contributed by atoms with Gasteiger partial charge in [-0.05, 0) is 21.5 Å². The third kappa shape index (κ3) is 3.01. The topological polar surface area (TPSA) is 78.2 Å². The zero-order chi connectivity index (χ0) is 13.0. The van der Waals surface area contributed by atoms with E-state index < -0.39 is 4.92 Å². The molecule has 1 aromatic heterocycles. The first-order chi connectivity index (χ1) is 8.66. The third-order valence-electron chi connectivity index (χ3n) is 2.12. The summed E-state index contributed by atoms with van der Waals surface area (Å²) >= 11 is 3.05. The SMILES string of the molecule is O=[N+]([O-])c1cnc(Br)nc1OCc1ccccc1. The van der Waals surface area contributed by atoms with Gasteiger partial charge in [0.25, 0.3) is 5.88 Å². The first-order valence-corrected chi connectivity index (χ1v) is 5.80. The molecule has 7 heteroatoms. The highest BCUT2D eigenvalue weighted by Gasteiger charge is 2.18. The number of nitro groups is 1. The van der Waals surface area contributed by atoms with E-state index in [0.29, 0.717) is 0 Å². The summed E-state index contributed by atoms with van der Waals surface area (Å²) in [7, 11) is 0. The Bertz CT molecular complexity index is 563. The number of ether oxygens (including phenoxy) is 1. The maximum Gasteiger partial charge on any atom is 0.349 e. The number of rotatable bonds is 4. The molecule has 1 aromatic carbocycles. The van der Waals surface area contributed by atoms with Crippen LogP contribution in [0.1, 0.15) is 5.56 Å². The van der Waals surface area contributed by atoms with Crippen LogP contribution in [0.15, 0.2) is 41.3 Å². The molecule has 0 saturated carbocycles. The molecule has 0 fully saturated rings. The molecule has 2 aromatic rings. The summed E-state index contributed by atoms with van der Waals surface area (Å²) in [4.78, 5) is 17.7. The molecule has 92 valence electrons. The van der Waals surface area contributed by atoms with Crippen LogP contribution < -0.4 is 4.74 Å². The van der Waals surface area contributed by atoms with Gasteiger partial charge in [0.2, 0.25) is 0 Å². The van der Waals surface area contributed by atoms with Crippen molar-refractivity contribution in [2.24, 2.45) is 0 Å². The molecule has 0 aliphatic carbocycles. The summed E-state index contributed by atoms with van der Waals surface area (Å²) in [5, 5.41) is 10.8. The summed E-state index contributed by atoms with van der Waals surface area (Å²) in [6.07, 6.45) is 1.11. The van der Waals surface area contributed by atoms with Crippen molar-refractivity contribution in [3.05, 3.63) is 56.9 Å². The summed E-state index contributed by atoms with van der Waals surface area (Å²) in [6, 6.07) is 9.34. The maximum atomic E-state index is 10.8. The van der Waals surface area contributed by atoms with Crippen LogP contribution in [0.4, 0.5) is 5.69 Å². The van der Waals surface area contributed by atoms with E-state index in [1.165, 1.54) is 0 Å². The van der Waals surface area contributed by atoms with Crippen molar-refractivity contribution >= 4 is 21.6 Å². The van der Waals surface area contributed by atoms with Crippen LogP contribution in [0, 0.1) is 10.1 Å². The van der Waals surface area contributed by atoms with E-state index in [9.17, 15) is 10.1 Å². The quantitative estimate of drug-likeness (QED) is 0.493. The molecule has 0 radical (unpaired) electrons. The molecule has 0 amide bonds. The van der Waals surface area contributed by atoms with Crippen LogP contribution in [-0.2, 0) is 6.61 Å². The Morgan fingerprint density at radius 1 is 1.33 bits per heavy atom. The fraction of sp³-hybridized carbons (Fsp3) is 0.0909. The standard InChI is InChI=1S/C11H8BrN3O3/c12-11-13-6-9(15(16)17)10(14-11)18-7-8-4-2-1-3-5-8/h1-6H,7H2. The van der Waals surface area contributed by atoms with Crippen LogP contribution in [0.5, 0.6) is 5.88 Å². The van der Waals surface area contributed by atoms with Crippen LogP contribution in [-0.4, -0.2) is 14.9 Å². The summed E-state index contributed by atoms with van der Waals surface area (Å²) < 4.78 is 5.59. The van der Waals surface area contributed by atoms with Gasteiger partial charge in [-0.2, -0.15) is 4.98 Å². The number of hydrogen-bond acceptors (Lipinski definition) is 5. The molecule has 2 rings (SSSR count). The first kappa shape index (κ1) is 12.4. The highest BCUT2D eigenvalue weighted by molar-refractivity contribution is 9.10. The lowest BCUT2D eigenvalue weighted by Gasteiger charge is -2.05. The molecule has 0 saturated heterocycles. The number of aromatic nitrogens is 2. The van der Waals surface area contributed by atoms with Crippen molar-refractivity contribution in [3.8, 4) is 5.88 Å². The van der Waals surface area contributed by atoms with Gasteiger partial charge in [-0.3, -0.25) is 10.1 Å². The van der Waals surface area contributed by atoms with Crippen LogP contribution in [0.25, 0.3) is 0 Å². The van der Waals surface area contributed by atoms with Crippen molar-refractivity contribution in [2.45, 2.75) is 6.61 Å². The molecule has 0 aliphatic heterocycles. The molecule has 1 heterocycles. The molecule has 0 N–H and O–H groups in total. The molecular formula is C11H8BrN3O3. The molecule has 0 aliphatic rings. The monoisotopic (exact) mass is 309 g/mol. The maximum absolute atomic E-state index is 10.8. The van der Waals surface area contributed by atoms with Crippen molar-refractivity contribution < 1.29 is 9.66 Å². The fourth-order valence-electron chi connectivity index (χ4n) is 1.30. The van der Waals surface area contributed by atoms with E-state index in [4.69, 9.17) is 4.74 Å². The van der Waals surface area contributed by atoms with Crippen molar-refractivity contribution in [2.75, 3.05) is 0 Å². The van der Waals surface area contributed by atoms with Gasteiger partial charge >= 0.3 is 5.69 Å². The van der Waals surface area contributed by atoms with Crippen molar-refractivity contribution in [1.82, 2.24) is 9.97 Å². The minimum atomic E-state index is -0.577. The fourth-order valence-corrected chi connectivity index (χ4v) is 1.56. The van der Waals surface area contributed by atoms with Gasteiger partial charge < -0.3 is 4.74 Å². The van der Waals surface area contributed by atoms with E-state index in [2.05, 4.69) is 25.9 Å². The lowest BCUT2D eigenvalue weighted by molar-refractivity contribution is -0.386. The molecule has 18 heavy (non-hydrogen) atoms. The molecule has 0 unspecified atom stereocenters. The number of benzene rings is 1. The minimum Gasteiger partial charge on any atom is -0.468 e. The predicted octanol–water partition coefficient (Wildman–Crippen LogP) is 2.73. The molecule has 6 nitrogen and oxygen atoms in total. The zero-order valence-corrected chi connectivity index (χ0v) is 10.7. The average Bonchev–Trinajstić information content (AvgIpc) is 2.37. The van der Waals surface area contributed by atoms with E-state index in [1.807, 2.05) is 30.3 Å². The average molecular weight is 310 g/mol. The van der Waals surface area contributed by atoms with Gasteiger partial charge in [-0.1, -0.05) is 30.3 Å². The lowest BCUT2D eigenvalue weighted by Crippen LogP contribution is -2.02. The summed E-state index contributed by atoms with van der Waals surface area (Å²) in [5.74, 6) is -0.0503. The van der Waals surface area contributed by atoms with Gasteiger partial charge in [-0.25, -0.2) is 4.98 Å². The Morgan fingerprint density at radius 3 is 2.72 bits per heavy atom.